The van der Waals surface area contributed by atoms with E-state index in [-0.39, 0.29) is 20.7 Å². The van der Waals surface area contributed by atoms with Crippen molar-refractivity contribution in [2.75, 3.05) is 5.75 Å². The van der Waals surface area contributed by atoms with Crippen LogP contribution in [0.1, 0.15) is 12.5 Å². The van der Waals surface area contributed by atoms with Crippen LogP contribution in [0.15, 0.2) is 21.5 Å². The molecule has 0 aliphatic carbocycles. The van der Waals surface area contributed by atoms with Crippen molar-refractivity contribution in [3.05, 3.63) is 28.0 Å². The molecule has 2 N–H and O–H groups in total. The van der Waals surface area contributed by atoms with Gasteiger partial charge in [0.2, 0.25) is 5.91 Å². The van der Waals surface area contributed by atoms with Crippen molar-refractivity contribution in [3.63, 3.8) is 0 Å². The fourth-order valence-electron chi connectivity index (χ4n) is 1.32. The quantitative estimate of drug-likeness (QED) is 0.785. The number of amides is 1. The van der Waals surface area contributed by atoms with Crippen molar-refractivity contribution >= 4 is 39.6 Å². The Bertz CT molecular complexity index is 589. The first-order chi connectivity index (χ1) is 9.36. The summed E-state index contributed by atoms with van der Waals surface area (Å²) in [4.78, 5) is 22.0. The van der Waals surface area contributed by atoms with Gasteiger partial charge in [0.1, 0.15) is 12.1 Å². The average Bonchev–Trinajstić information content (AvgIpc) is 2.38. The molecule has 1 aromatic carbocycles. The van der Waals surface area contributed by atoms with Gasteiger partial charge in [-0.2, -0.15) is 5.26 Å². The maximum Gasteiger partial charge on any atom is 0.327 e. The maximum absolute atomic E-state index is 13.9. The molecule has 20 heavy (non-hydrogen) atoms. The van der Waals surface area contributed by atoms with Gasteiger partial charge in [0, 0.05) is 17.6 Å². The molecule has 5 nitrogen and oxygen atoms in total. The van der Waals surface area contributed by atoms with Crippen LogP contribution in [-0.4, -0.2) is 28.8 Å². The van der Waals surface area contributed by atoms with Crippen LogP contribution in [0.3, 0.4) is 0 Å². The van der Waals surface area contributed by atoms with Gasteiger partial charge in [0.05, 0.1) is 10.0 Å². The largest absolute Gasteiger partial charge is 0.480 e. The Hall–Kier alpha value is -1.59. The Balaban J connectivity index is 2.84. The summed E-state index contributed by atoms with van der Waals surface area (Å²) in [7, 11) is 0. The highest BCUT2D eigenvalue weighted by molar-refractivity contribution is 9.10. The second kappa shape index (κ2) is 7.26. The van der Waals surface area contributed by atoms with Crippen molar-refractivity contribution < 1.29 is 19.1 Å². The molecular weight excluding hydrogens is 351 g/mol. The van der Waals surface area contributed by atoms with Crippen molar-refractivity contribution in [1.82, 2.24) is 5.32 Å². The van der Waals surface area contributed by atoms with Gasteiger partial charge in [-0.3, -0.25) is 4.79 Å². The zero-order valence-corrected chi connectivity index (χ0v) is 12.7. The fourth-order valence-corrected chi connectivity index (χ4v) is 2.85. The van der Waals surface area contributed by atoms with Gasteiger partial charge >= 0.3 is 5.97 Å². The number of nitriles is 1. The number of halogens is 2. The number of carboxylic acids is 1. The molecule has 0 radical (unpaired) electrons. The molecule has 0 heterocycles. The third kappa shape index (κ3) is 4.21. The highest BCUT2D eigenvalue weighted by atomic mass is 79.9. The Kier molecular flexibility index (Phi) is 5.98. The summed E-state index contributed by atoms with van der Waals surface area (Å²) >= 11 is 3.92. The SMILES string of the molecule is CC(=O)N[C@@H](CSc1ccc(C#N)c(Br)c1F)C(=O)O. The van der Waals surface area contributed by atoms with E-state index >= 15 is 0 Å². The van der Waals surface area contributed by atoms with Crippen LogP contribution in [0.5, 0.6) is 0 Å². The van der Waals surface area contributed by atoms with Crippen LogP contribution >= 0.6 is 27.7 Å². The predicted molar refractivity (Wildman–Crippen MR) is 74.8 cm³/mol. The third-order valence-corrected chi connectivity index (χ3v) is 4.15. The van der Waals surface area contributed by atoms with Gasteiger partial charge in [-0.1, -0.05) is 0 Å². The van der Waals surface area contributed by atoms with Crippen molar-refractivity contribution in [2.24, 2.45) is 0 Å². The van der Waals surface area contributed by atoms with Crippen LogP contribution in [0.4, 0.5) is 4.39 Å². The number of hydrogen-bond donors (Lipinski definition) is 2. The first kappa shape index (κ1) is 16.5. The number of nitrogens with zero attached hydrogens (tertiary/aromatic N) is 1. The minimum Gasteiger partial charge on any atom is -0.480 e. The highest BCUT2D eigenvalue weighted by Gasteiger charge is 2.20. The predicted octanol–water partition coefficient (Wildman–Crippen LogP) is 2.14. The lowest BCUT2D eigenvalue weighted by Crippen LogP contribution is -2.41. The Morgan fingerprint density at radius 3 is 2.75 bits per heavy atom. The fraction of sp³-hybridized carbons (Fsp3) is 0.250. The summed E-state index contributed by atoms with van der Waals surface area (Å²) in [5.74, 6) is -2.31. The molecule has 1 aromatic rings. The van der Waals surface area contributed by atoms with Gasteiger partial charge < -0.3 is 10.4 Å². The van der Waals surface area contributed by atoms with E-state index in [0.29, 0.717) is 0 Å². The monoisotopic (exact) mass is 360 g/mol. The zero-order valence-electron chi connectivity index (χ0n) is 10.3. The molecule has 0 saturated heterocycles. The molecule has 8 heteroatoms. The first-order valence-electron chi connectivity index (χ1n) is 5.37. The molecule has 1 amide bonds. The minimum atomic E-state index is -1.19. The molecule has 106 valence electrons. The summed E-state index contributed by atoms with van der Waals surface area (Å²) in [6, 6.07) is 3.55. The minimum absolute atomic E-state index is 0.0236. The number of benzene rings is 1. The Morgan fingerprint density at radius 1 is 1.60 bits per heavy atom. The summed E-state index contributed by atoms with van der Waals surface area (Å²) in [6.07, 6.45) is 0. The second-order valence-corrected chi connectivity index (χ2v) is 5.61. The van der Waals surface area contributed by atoms with Gasteiger partial charge in [0.15, 0.2) is 5.82 Å². The van der Waals surface area contributed by atoms with E-state index in [1.54, 1.807) is 0 Å². The standard InChI is InChI=1S/C12H10BrFN2O3S/c1-6(17)16-8(12(18)19)5-20-9-3-2-7(4-15)10(13)11(9)14/h2-3,8H,5H2,1H3,(H,16,17)(H,18,19)/t8-/m0/s1. The number of carboxylic acid groups (broad SMARTS) is 1. The summed E-state index contributed by atoms with van der Waals surface area (Å²) in [6.45, 7) is 1.21. The number of rotatable bonds is 5. The molecule has 0 spiro atoms. The van der Waals surface area contributed by atoms with E-state index in [9.17, 15) is 14.0 Å². The summed E-state index contributed by atoms with van der Waals surface area (Å²) in [5, 5.41) is 19.9. The molecule has 0 fully saturated rings. The number of aliphatic carboxylic acids is 1. The van der Waals surface area contributed by atoms with E-state index in [0.717, 1.165) is 11.8 Å². The number of thioether (sulfide) groups is 1. The van der Waals surface area contributed by atoms with E-state index in [2.05, 4.69) is 21.2 Å². The average molecular weight is 361 g/mol. The van der Waals surface area contributed by atoms with Crippen LogP contribution in [0, 0.1) is 17.1 Å². The number of carbonyl (C=O) groups excluding carboxylic acids is 1. The molecule has 0 aliphatic heterocycles. The van der Waals surface area contributed by atoms with Crippen molar-refractivity contribution in [3.8, 4) is 6.07 Å². The number of carbonyl (C=O) groups is 2. The van der Waals surface area contributed by atoms with Gasteiger partial charge in [-0.15, -0.1) is 11.8 Å². The third-order valence-electron chi connectivity index (χ3n) is 2.25. The van der Waals surface area contributed by atoms with E-state index in [4.69, 9.17) is 10.4 Å². The van der Waals surface area contributed by atoms with Crippen LogP contribution in [-0.2, 0) is 9.59 Å². The van der Waals surface area contributed by atoms with Gasteiger partial charge in [-0.25, -0.2) is 9.18 Å². The van der Waals surface area contributed by atoms with Crippen LogP contribution < -0.4 is 5.32 Å². The summed E-state index contributed by atoms with van der Waals surface area (Å²) < 4.78 is 13.9. The van der Waals surface area contributed by atoms with Crippen molar-refractivity contribution in [2.45, 2.75) is 17.9 Å². The Morgan fingerprint density at radius 2 is 2.25 bits per heavy atom. The molecule has 0 aromatic heterocycles. The first-order valence-corrected chi connectivity index (χ1v) is 7.15. The van der Waals surface area contributed by atoms with E-state index in [1.165, 1.54) is 19.1 Å². The van der Waals surface area contributed by atoms with Crippen LogP contribution in [0.25, 0.3) is 0 Å². The molecule has 0 saturated carbocycles. The molecule has 0 bridgehead atoms. The van der Waals surface area contributed by atoms with Crippen molar-refractivity contribution in [1.29, 1.82) is 5.26 Å². The lowest BCUT2D eigenvalue weighted by atomic mass is 10.2. The summed E-state index contributed by atoms with van der Waals surface area (Å²) in [5.41, 5.74) is 0.156. The van der Waals surface area contributed by atoms with Crippen LogP contribution in [0.2, 0.25) is 0 Å². The molecular formula is C12H10BrFN2O3S. The molecule has 0 unspecified atom stereocenters. The lowest BCUT2D eigenvalue weighted by Gasteiger charge is -2.13. The number of hydrogen-bond acceptors (Lipinski definition) is 4. The molecule has 0 aliphatic rings. The molecule has 1 rings (SSSR count). The number of nitrogens with one attached hydrogen (secondary N) is 1. The van der Waals surface area contributed by atoms with Gasteiger partial charge in [-0.05, 0) is 28.1 Å². The maximum atomic E-state index is 13.9. The van der Waals surface area contributed by atoms with E-state index < -0.39 is 23.7 Å². The zero-order chi connectivity index (χ0) is 15.3. The Labute approximate surface area is 127 Å². The smallest absolute Gasteiger partial charge is 0.327 e. The lowest BCUT2D eigenvalue weighted by molar-refractivity contribution is -0.140. The highest BCUT2D eigenvalue weighted by Crippen LogP contribution is 2.30. The van der Waals surface area contributed by atoms with Gasteiger partial charge in [0.25, 0.3) is 0 Å². The molecule has 1 atom stereocenters. The van der Waals surface area contributed by atoms with E-state index in [1.807, 2.05) is 6.07 Å². The topological polar surface area (TPSA) is 90.2 Å². The normalized spacial score (nSPS) is 11.5. The second-order valence-electron chi connectivity index (χ2n) is 3.75.